The van der Waals surface area contributed by atoms with Crippen molar-refractivity contribution in [3.8, 4) is 0 Å². The lowest BCUT2D eigenvalue weighted by Gasteiger charge is -2.32. The summed E-state index contributed by atoms with van der Waals surface area (Å²) in [4.78, 5) is 10.2. The standard InChI is InChI=1S/C12H22.C7H6O2.H3N/c1-3-7-11(8-4-1)12-9-5-2-6-10-12;8-7(9)6-4-2-1-3-5-6;/h11-12H,1-10H2;1-5H,(H,8,9);1H3. The summed E-state index contributed by atoms with van der Waals surface area (Å²) in [6, 6.07) is 8.30. The molecule has 0 unspecified atom stereocenters. The Balaban J connectivity index is 0.000000219. The molecule has 3 rings (SSSR count). The molecule has 0 radical (unpaired) electrons. The first kappa shape index (κ1) is 18.7. The highest BCUT2D eigenvalue weighted by molar-refractivity contribution is 5.87. The Morgan fingerprint density at radius 3 is 1.50 bits per heavy atom. The van der Waals surface area contributed by atoms with Crippen LogP contribution in [0.15, 0.2) is 30.3 Å². The lowest BCUT2D eigenvalue weighted by atomic mass is 9.73. The Bertz CT molecular complexity index is 391. The first-order valence-corrected chi connectivity index (χ1v) is 8.55. The minimum absolute atomic E-state index is 0. The molecule has 3 heteroatoms. The molecule has 2 aliphatic rings. The zero-order chi connectivity index (χ0) is 14.9. The summed E-state index contributed by atoms with van der Waals surface area (Å²) in [7, 11) is 0. The third kappa shape index (κ3) is 6.18. The van der Waals surface area contributed by atoms with Crippen molar-refractivity contribution in [1.29, 1.82) is 0 Å². The van der Waals surface area contributed by atoms with E-state index in [0.717, 1.165) is 11.8 Å². The van der Waals surface area contributed by atoms with Gasteiger partial charge in [-0.3, -0.25) is 0 Å². The Labute approximate surface area is 134 Å². The van der Waals surface area contributed by atoms with Gasteiger partial charge in [0.2, 0.25) is 0 Å². The zero-order valence-corrected chi connectivity index (χ0v) is 13.7. The van der Waals surface area contributed by atoms with Crippen LogP contribution >= 0.6 is 0 Å². The van der Waals surface area contributed by atoms with Crippen LogP contribution in [0.2, 0.25) is 0 Å². The van der Waals surface area contributed by atoms with E-state index in [-0.39, 0.29) is 6.15 Å². The minimum atomic E-state index is -0.879. The molecule has 0 bridgehead atoms. The van der Waals surface area contributed by atoms with Gasteiger partial charge in [-0.05, 0) is 24.0 Å². The molecule has 0 atom stereocenters. The van der Waals surface area contributed by atoms with Crippen LogP contribution in [0.5, 0.6) is 0 Å². The number of hydrogen-bond donors (Lipinski definition) is 2. The molecule has 1 aromatic rings. The average Bonchev–Trinajstić information content (AvgIpc) is 2.58. The van der Waals surface area contributed by atoms with Gasteiger partial charge >= 0.3 is 5.97 Å². The molecule has 124 valence electrons. The number of carbonyl (C=O) groups is 1. The smallest absolute Gasteiger partial charge is 0.335 e. The predicted molar refractivity (Wildman–Crippen MR) is 91.6 cm³/mol. The molecule has 22 heavy (non-hydrogen) atoms. The van der Waals surface area contributed by atoms with E-state index in [1.807, 2.05) is 0 Å². The van der Waals surface area contributed by atoms with Crippen LogP contribution in [0.1, 0.15) is 74.6 Å². The van der Waals surface area contributed by atoms with Crippen LogP contribution in [0, 0.1) is 11.8 Å². The molecule has 2 fully saturated rings. The Morgan fingerprint density at radius 1 is 0.773 bits per heavy atom. The van der Waals surface area contributed by atoms with Crippen LogP contribution < -0.4 is 6.15 Å². The Morgan fingerprint density at radius 2 is 1.18 bits per heavy atom. The number of aromatic carboxylic acids is 1. The highest BCUT2D eigenvalue weighted by Crippen LogP contribution is 2.37. The number of hydrogen-bond acceptors (Lipinski definition) is 2. The largest absolute Gasteiger partial charge is 0.478 e. The van der Waals surface area contributed by atoms with E-state index in [4.69, 9.17) is 5.11 Å². The van der Waals surface area contributed by atoms with Gasteiger partial charge in [0, 0.05) is 0 Å². The molecule has 4 N–H and O–H groups in total. The molecule has 2 aliphatic carbocycles. The maximum absolute atomic E-state index is 10.2. The summed E-state index contributed by atoms with van der Waals surface area (Å²) < 4.78 is 0. The predicted octanol–water partition coefficient (Wildman–Crippen LogP) is 5.69. The van der Waals surface area contributed by atoms with Crippen LogP contribution in [0.4, 0.5) is 0 Å². The fourth-order valence-electron chi connectivity index (χ4n) is 3.79. The highest BCUT2D eigenvalue weighted by Gasteiger charge is 2.24. The zero-order valence-electron chi connectivity index (χ0n) is 13.7. The first-order chi connectivity index (χ1) is 10.3. The fraction of sp³-hybridized carbons (Fsp3) is 0.632. The van der Waals surface area contributed by atoms with Gasteiger partial charge in [-0.15, -0.1) is 0 Å². The maximum atomic E-state index is 10.2. The van der Waals surface area contributed by atoms with Gasteiger partial charge in [0.1, 0.15) is 0 Å². The van der Waals surface area contributed by atoms with Crippen molar-refractivity contribution in [1.82, 2.24) is 6.15 Å². The molecule has 0 saturated heterocycles. The van der Waals surface area contributed by atoms with E-state index in [2.05, 4.69) is 0 Å². The number of benzene rings is 1. The summed E-state index contributed by atoms with van der Waals surface area (Å²) >= 11 is 0. The van der Waals surface area contributed by atoms with Crippen molar-refractivity contribution >= 4 is 5.97 Å². The quantitative estimate of drug-likeness (QED) is 0.736. The molecule has 2 saturated carbocycles. The molecule has 3 nitrogen and oxygen atoms in total. The minimum Gasteiger partial charge on any atom is -0.478 e. The van der Waals surface area contributed by atoms with E-state index < -0.39 is 5.97 Å². The van der Waals surface area contributed by atoms with Gasteiger partial charge in [0.15, 0.2) is 0 Å². The number of carboxylic acid groups (broad SMARTS) is 1. The number of rotatable bonds is 2. The van der Waals surface area contributed by atoms with Crippen molar-refractivity contribution in [2.75, 3.05) is 0 Å². The topological polar surface area (TPSA) is 72.3 Å². The molecule has 0 spiro atoms. The van der Waals surface area contributed by atoms with E-state index in [0.29, 0.717) is 5.56 Å². The summed E-state index contributed by atoms with van der Waals surface area (Å²) in [6.07, 6.45) is 15.4. The summed E-state index contributed by atoms with van der Waals surface area (Å²) in [5, 5.41) is 8.38. The van der Waals surface area contributed by atoms with Crippen molar-refractivity contribution in [3.05, 3.63) is 35.9 Å². The number of carboxylic acids is 1. The molecule has 1 aromatic carbocycles. The second-order valence-electron chi connectivity index (χ2n) is 6.47. The van der Waals surface area contributed by atoms with Crippen molar-refractivity contribution in [2.24, 2.45) is 11.8 Å². The normalized spacial score (nSPS) is 19.5. The third-order valence-corrected chi connectivity index (χ3v) is 4.99. The lowest BCUT2D eigenvalue weighted by Crippen LogP contribution is -2.20. The summed E-state index contributed by atoms with van der Waals surface area (Å²) in [5.74, 6) is 1.40. The SMILES string of the molecule is C1CCC(C2CCCCC2)CC1.N.O=C(O)c1ccccc1. The molecular weight excluding hydrogens is 274 g/mol. The molecule has 0 aliphatic heterocycles. The van der Waals surface area contributed by atoms with Crippen LogP contribution in [-0.4, -0.2) is 11.1 Å². The molecule has 0 heterocycles. The van der Waals surface area contributed by atoms with Gasteiger partial charge < -0.3 is 11.3 Å². The van der Waals surface area contributed by atoms with Crippen molar-refractivity contribution in [3.63, 3.8) is 0 Å². The van der Waals surface area contributed by atoms with Gasteiger partial charge in [0.25, 0.3) is 0 Å². The monoisotopic (exact) mass is 305 g/mol. The van der Waals surface area contributed by atoms with E-state index in [9.17, 15) is 4.79 Å². The summed E-state index contributed by atoms with van der Waals surface area (Å²) in [6.45, 7) is 0. The average molecular weight is 305 g/mol. The Hall–Kier alpha value is -1.35. The molecule has 0 aromatic heterocycles. The van der Waals surface area contributed by atoms with Crippen LogP contribution in [0.25, 0.3) is 0 Å². The van der Waals surface area contributed by atoms with Crippen molar-refractivity contribution < 1.29 is 9.90 Å². The van der Waals surface area contributed by atoms with E-state index in [1.165, 1.54) is 38.5 Å². The van der Waals surface area contributed by atoms with Gasteiger partial charge in [0.05, 0.1) is 5.56 Å². The van der Waals surface area contributed by atoms with E-state index >= 15 is 0 Å². The van der Waals surface area contributed by atoms with Crippen LogP contribution in [-0.2, 0) is 0 Å². The van der Waals surface area contributed by atoms with Gasteiger partial charge in [-0.25, -0.2) is 4.79 Å². The maximum Gasteiger partial charge on any atom is 0.335 e. The van der Waals surface area contributed by atoms with Crippen LogP contribution in [0.3, 0.4) is 0 Å². The summed E-state index contributed by atoms with van der Waals surface area (Å²) in [5.41, 5.74) is 0.331. The van der Waals surface area contributed by atoms with Crippen molar-refractivity contribution in [2.45, 2.75) is 64.2 Å². The second-order valence-corrected chi connectivity index (χ2v) is 6.47. The van der Waals surface area contributed by atoms with E-state index in [1.54, 1.807) is 56.0 Å². The molecule has 0 amide bonds. The third-order valence-electron chi connectivity index (χ3n) is 4.99. The van der Waals surface area contributed by atoms with Gasteiger partial charge in [-0.2, -0.15) is 0 Å². The first-order valence-electron chi connectivity index (χ1n) is 8.55. The second kappa shape index (κ2) is 10.4. The highest BCUT2D eigenvalue weighted by atomic mass is 16.4. The lowest BCUT2D eigenvalue weighted by molar-refractivity contribution is 0.0697. The van der Waals surface area contributed by atoms with Gasteiger partial charge in [-0.1, -0.05) is 82.4 Å². The fourth-order valence-corrected chi connectivity index (χ4v) is 3.79. The molecular formula is C19H31NO2. The Kier molecular flexibility index (Phi) is 8.83.